The van der Waals surface area contributed by atoms with Crippen molar-refractivity contribution in [3.63, 3.8) is 0 Å². The second kappa shape index (κ2) is 6.67. The SMILES string of the molecule is CCC(C)NC(=O)C1CC(=O)N(c2cccc(Cl)c2Cl)C1. The van der Waals surface area contributed by atoms with Crippen LogP contribution >= 0.6 is 23.2 Å². The van der Waals surface area contributed by atoms with Gasteiger partial charge in [0.25, 0.3) is 0 Å². The van der Waals surface area contributed by atoms with E-state index >= 15 is 0 Å². The Labute approximate surface area is 134 Å². The number of anilines is 1. The summed E-state index contributed by atoms with van der Waals surface area (Å²) in [5, 5.41) is 3.65. The van der Waals surface area contributed by atoms with Crippen molar-refractivity contribution < 1.29 is 9.59 Å². The molecular formula is C15H18Cl2N2O2. The average molecular weight is 329 g/mol. The second-order valence-corrected chi connectivity index (χ2v) is 6.08. The van der Waals surface area contributed by atoms with Gasteiger partial charge in [0.05, 0.1) is 21.7 Å². The Balaban J connectivity index is 2.13. The highest BCUT2D eigenvalue weighted by Crippen LogP contribution is 2.35. The third-order valence-electron chi connectivity index (χ3n) is 3.72. The Morgan fingerprint density at radius 3 is 2.86 bits per heavy atom. The molecule has 0 bridgehead atoms. The number of halogens is 2. The van der Waals surface area contributed by atoms with Crippen molar-refractivity contribution in [1.82, 2.24) is 5.32 Å². The smallest absolute Gasteiger partial charge is 0.227 e. The van der Waals surface area contributed by atoms with Crippen molar-refractivity contribution in [2.45, 2.75) is 32.7 Å². The largest absolute Gasteiger partial charge is 0.353 e. The highest BCUT2D eigenvalue weighted by molar-refractivity contribution is 6.44. The molecule has 2 atom stereocenters. The average Bonchev–Trinajstić information content (AvgIpc) is 2.83. The van der Waals surface area contributed by atoms with Gasteiger partial charge >= 0.3 is 0 Å². The minimum absolute atomic E-state index is 0.0849. The monoisotopic (exact) mass is 328 g/mol. The standard InChI is InChI=1S/C15H18Cl2N2O2/c1-3-9(2)18-15(21)10-7-13(20)19(8-10)12-6-4-5-11(16)14(12)17/h4-6,9-10H,3,7-8H2,1-2H3,(H,18,21). The first-order chi connectivity index (χ1) is 9.93. The van der Waals surface area contributed by atoms with Gasteiger partial charge in [0, 0.05) is 19.0 Å². The molecule has 2 rings (SSSR count). The van der Waals surface area contributed by atoms with Crippen LogP contribution in [0.4, 0.5) is 5.69 Å². The van der Waals surface area contributed by atoms with E-state index in [2.05, 4.69) is 5.32 Å². The lowest BCUT2D eigenvalue weighted by atomic mass is 10.1. The fourth-order valence-corrected chi connectivity index (χ4v) is 2.68. The molecule has 1 aliphatic heterocycles. The van der Waals surface area contributed by atoms with E-state index in [9.17, 15) is 9.59 Å². The van der Waals surface area contributed by atoms with Crippen LogP contribution in [0, 0.1) is 5.92 Å². The molecular weight excluding hydrogens is 311 g/mol. The third-order valence-corrected chi connectivity index (χ3v) is 4.53. The van der Waals surface area contributed by atoms with Crippen LogP contribution in [-0.2, 0) is 9.59 Å². The van der Waals surface area contributed by atoms with E-state index in [4.69, 9.17) is 23.2 Å². The predicted molar refractivity (Wildman–Crippen MR) is 84.8 cm³/mol. The van der Waals surface area contributed by atoms with Crippen molar-refractivity contribution in [2.75, 3.05) is 11.4 Å². The third kappa shape index (κ3) is 3.50. The number of rotatable bonds is 4. The summed E-state index contributed by atoms with van der Waals surface area (Å²) in [6, 6.07) is 5.25. The molecule has 1 saturated heterocycles. The summed E-state index contributed by atoms with van der Waals surface area (Å²) in [5.74, 6) is -0.539. The molecule has 0 aromatic heterocycles. The molecule has 0 saturated carbocycles. The Kier molecular flexibility index (Phi) is 5.12. The summed E-state index contributed by atoms with van der Waals surface area (Å²) in [6.45, 7) is 4.28. The molecule has 2 amide bonds. The zero-order chi connectivity index (χ0) is 15.6. The Morgan fingerprint density at radius 1 is 1.48 bits per heavy atom. The lowest BCUT2D eigenvalue weighted by molar-refractivity contribution is -0.126. The molecule has 1 heterocycles. The molecule has 1 N–H and O–H groups in total. The maximum atomic E-state index is 12.2. The summed E-state index contributed by atoms with van der Waals surface area (Å²) in [5.41, 5.74) is 0.563. The number of nitrogens with zero attached hydrogens (tertiary/aromatic N) is 1. The maximum absolute atomic E-state index is 12.2. The number of carbonyl (C=O) groups excluding carboxylic acids is 2. The highest BCUT2D eigenvalue weighted by atomic mass is 35.5. The van der Waals surface area contributed by atoms with E-state index in [1.165, 1.54) is 4.90 Å². The van der Waals surface area contributed by atoms with Crippen molar-refractivity contribution in [1.29, 1.82) is 0 Å². The normalized spacial score (nSPS) is 19.7. The maximum Gasteiger partial charge on any atom is 0.227 e. The van der Waals surface area contributed by atoms with Gasteiger partial charge in [0.1, 0.15) is 0 Å². The number of carbonyl (C=O) groups is 2. The van der Waals surface area contributed by atoms with E-state index in [0.29, 0.717) is 22.3 Å². The van der Waals surface area contributed by atoms with Crippen molar-refractivity contribution in [2.24, 2.45) is 5.92 Å². The zero-order valence-corrected chi connectivity index (χ0v) is 13.5. The van der Waals surface area contributed by atoms with Gasteiger partial charge in [0.2, 0.25) is 11.8 Å². The van der Waals surface area contributed by atoms with E-state index in [0.717, 1.165) is 6.42 Å². The van der Waals surface area contributed by atoms with Gasteiger partial charge in [-0.2, -0.15) is 0 Å². The van der Waals surface area contributed by atoms with Crippen molar-refractivity contribution in [3.05, 3.63) is 28.2 Å². The summed E-state index contributed by atoms with van der Waals surface area (Å²) in [4.78, 5) is 25.8. The molecule has 6 heteroatoms. The van der Waals surface area contributed by atoms with Crippen LogP contribution in [-0.4, -0.2) is 24.4 Å². The highest BCUT2D eigenvalue weighted by Gasteiger charge is 2.36. The van der Waals surface area contributed by atoms with Gasteiger partial charge in [-0.15, -0.1) is 0 Å². The van der Waals surface area contributed by atoms with Crippen LogP contribution in [0.3, 0.4) is 0 Å². The summed E-state index contributed by atoms with van der Waals surface area (Å²) >= 11 is 12.1. The summed E-state index contributed by atoms with van der Waals surface area (Å²) in [7, 11) is 0. The number of amides is 2. The Bertz CT molecular complexity index is 563. The quantitative estimate of drug-likeness (QED) is 0.922. The number of benzene rings is 1. The Hall–Kier alpha value is -1.26. The van der Waals surface area contributed by atoms with Crippen LogP contribution in [0.15, 0.2) is 18.2 Å². The van der Waals surface area contributed by atoms with Crippen LogP contribution < -0.4 is 10.2 Å². The molecule has 1 aromatic carbocycles. The van der Waals surface area contributed by atoms with Gasteiger partial charge in [0.15, 0.2) is 0 Å². The van der Waals surface area contributed by atoms with Crippen LogP contribution in [0.1, 0.15) is 26.7 Å². The lowest BCUT2D eigenvalue weighted by Gasteiger charge is -2.19. The summed E-state index contributed by atoms with van der Waals surface area (Å²) < 4.78 is 0. The topological polar surface area (TPSA) is 49.4 Å². The molecule has 1 fully saturated rings. The number of nitrogens with one attached hydrogen (secondary N) is 1. The van der Waals surface area contributed by atoms with Crippen molar-refractivity contribution in [3.8, 4) is 0 Å². The van der Waals surface area contributed by atoms with Gasteiger partial charge in [-0.1, -0.05) is 36.2 Å². The number of hydrogen-bond donors (Lipinski definition) is 1. The van der Waals surface area contributed by atoms with Gasteiger partial charge in [-0.05, 0) is 25.5 Å². The van der Waals surface area contributed by atoms with E-state index < -0.39 is 0 Å². The molecule has 0 radical (unpaired) electrons. The molecule has 21 heavy (non-hydrogen) atoms. The number of hydrogen-bond acceptors (Lipinski definition) is 2. The molecule has 0 aliphatic carbocycles. The molecule has 4 nitrogen and oxygen atoms in total. The summed E-state index contributed by atoms with van der Waals surface area (Å²) in [6.07, 6.45) is 1.06. The predicted octanol–water partition coefficient (Wildman–Crippen LogP) is 3.26. The molecule has 1 aliphatic rings. The van der Waals surface area contributed by atoms with E-state index in [1.807, 2.05) is 13.8 Å². The Morgan fingerprint density at radius 2 is 2.19 bits per heavy atom. The minimum atomic E-state index is -0.346. The van der Waals surface area contributed by atoms with Crippen LogP contribution in [0.25, 0.3) is 0 Å². The second-order valence-electron chi connectivity index (χ2n) is 5.30. The van der Waals surface area contributed by atoms with Crippen LogP contribution in [0.5, 0.6) is 0 Å². The molecule has 2 unspecified atom stereocenters. The minimum Gasteiger partial charge on any atom is -0.353 e. The first-order valence-corrected chi connectivity index (χ1v) is 7.74. The fourth-order valence-electron chi connectivity index (χ4n) is 2.28. The fraction of sp³-hybridized carbons (Fsp3) is 0.467. The lowest BCUT2D eigenvalue weighted by Crippen LogP contribution is -2.38. The first kappa shape index (κ1) is 16.1. The van der Waals surface area contributed by atoms with Gasteiger partial charge < -0.3 is 10.2 Å². The van der Waals surface area contributed by atoms with E-state index in [1.54, 1.807) is 18.2 Å². The molecule has 1 aromatic rings. The first-order valence-electron chi connectivity index (χ1n) is 6.98. The van der Waals surface area contributed by atoms with Gasteiger partial charge in [-0.25, -0.2) is 0 Å². The zero-order valence-electron chi connectivity index (χ0n) is 12.0. The van der Waals surface area contributed by atoms with Crippen LogP contribution in [0.2, 0.25) is 10.0 Å². The van der Waals surface area contributed by atoms with Crippen molar-refractivity contribution >= 4 is 40.7 Å². The van der Waals surface area contributed by atoms with Gasteiger partial charge in [-0.3, -0.25) is 9.59 Å². The molecule has 0 spiro atoms. The van der Waals surface area contributed by atoms with E-state index in [-0.39, 0.29) is 30.2 Å². The molecule has 114 valence electrons.